The Kier molecular flexibility index (Phi) is 4.67. The highest BCUT2D eigenvalue weighted by molar-refractivity contribution is 9.10. The number of sulfonamides is 1. The van der Waals surface area contributed by atoms with Gasteiger partial charge in [-0.05, 0) is 30.3 Å². The van der Waals surface area contributed by atoms with Crippen molar-refractivity contribution in [2.24, 2.45) is 0 Å². The van der Waals surface area contributed by atoms with Gasteiger partial charge < -0.3 is 4.74 Å². The highest BCUT2D eigenvalue weighted by atomic mass is 79.9. The Labute approximate surface area is 135 Å². The highest BCUT2D eigenvalue weighted by Crippen LogP contribution is 2.29. The maximum absolute atomic E-state index is 12.4. The second kappa shape index (κ2) is 6.32. The van der Waals surface area contributed by atoms with Gasteiger partial charge in [0.05, 0.1) is 18.1 Å². The first-order valence-corrected chi connectivity index (χ1v) is 8.22. The van der Waals surface area contributed by atoms with E-state index in [4.69, 9.17) is 4.74 Å². The smallest absolute Gasteiger partial charge is 0.273 e. The van der Waals surface area contributed by atoms with Crippen molar-refractivity contribution in [2.75, 3.05) is 11.8 Å². The molecule has 2 aromatic rings. The predicted octanol–water partition coefficient (Wildman–Crippen LogP) is 3.17. The molecular formula is C13H11BrN2O5S. The SMILES string of the molecule is COc1cc([N+](=O)[O-])ccc1S(=O)(=O)Nc1ccc(Br)cc1. The maximum Gasteiger partial charge on any atom is 0.273 e. The minimum absolute atomic E-state index is 0.0983. The predicted molar refractivity (Wildman–Crippen MR) is 84.6 cm³/mol. The number of nitro benzene ring substituents is 1. The normalized spacial score (nSPS) is 11.0. The van der Waals surface area contributed by atoms with E-state index < -0.39 is 14.9 Å². The lowest BCUT2D eigenvalue weighted by Crippen LogP contribution is -2.14. The fourth-order valence-electron chi connectivity index (χ4n) is 1.72. The summed E-state index contributed by atoms with van der Waals surface area (Å²) in [6, 6.07) is 9.85. The Morgan fingerprint density at radius 3 is 2.36 bits per heavy atom. The number of rotatable bonds is 5. The number of nitrogens with one attached hydrogen (secondary N) is 1. The molecule has 116 valence electrons. The van der Waals surface area contributed by atoms with Gasteiger partial charge in [-0.1, -0.05) is 15.9 Å². The summed E-state index contributed by atoms with van der Waals surface area (Å²) in [6.45, 7) is 0. The van der Waals surface area contributed by atoms with Gasteiger partial charge in [0, 0.05) is 16.2 Å². The second-order valence-corrected chi connectivity index (χ2v) is 6.77. The third-order valence-corrected chi connectivity index (χ3v) is 4.69. The van der Waals surface area contributed by atoms with Crippen LogP contribution in [0.4, 0.5) is 11.4 Å². The lowest BCUT2D eigenvalue weighted by atomic mass is 10.3. The summed E-state index contributed by atoms with van der Waals surface area (Å²) in [7, 11) is -2.68. The molecule has 0 heterocycles. The van der Waals surface area contributed by atoms with Crippen molar-refractivity contribution in [3.8, 4) is 5.75 Å². The number of methoxy groups -OCH3 is 1. The molecule has 0 bridgehead atoms. The number of ether oxygens (including phenoxy) is 1. The van der Waals surface area contributed by atoms with Crippen LogP contribution >= 0.6 is 15.9 Å². The monoisotopic (exact) mass is 386 g/mol. The lowest BCUT2D eigenvalue weighted by Gasteiger charge is -2.11. The summed E-state index contributed by atoms with van der Waals surface area (Å²) in [5.41, 5.74) is 0.114. The molecule has 2 rings (SSSR count). The number of non-ortho nitro benzene ring substituents is 1. The molecule has 0 aliphatic heterocycles. The number of anilines is 1. The molecule has 0 radical (unpaired) electrons. The molecule has 7 nitrogen and oxygen atoms in total. The van der Waals surface area contributed by atoms with Crippen molar-refractivity contribution in [3.63, 3.8) is 0 Å². The van der Waals surface area contributed by atoms with Crippen LogP contribution in [0.5, 0.6) is 5.75 Å². The van der Waals surface area contributed by atoms with Crippen LogP contribution in [-0.2, 0) is 10.0 Å². The number of hydrogen-bond acceptors (Lipinski definition) is 5. The molecule has 0 saturated carbocycles. The topological polar surface area (TPSA) is 98.5 Å². The zero-order chi connectivity index (χ0) is 16.3. The maximum atomic E-state index is 12.4. The van der Waals surface area contributed by atoms with Gasteiger partial charge in [0.1, 0.15) is 10.6 Å². The molecule has 0 atom stereocenters. The van der Waals surface area contributed by atoms with Gasteiger partial charge in [0.25, 0.3) is 15.7 Å². The van der Waals surface area contributed by atoms with E-state index in [2.05, 4.69) is 20.7 Å². The zero-order valence-corrected chi connectivity index (χ0v) is 13.7. The Morgan fingerprint density at radius 2 is 1.82 bits per heavy atom. The van der Waals surface area contributed by atoms with Crippen LogP contribution in [0.2, 0.25) is 0 Å². The number of nitro groups is 1. The third-order valence-electron chi connectivity index (χ3n) is 2.74. The summed E-state index contributed by atoms with van der Waals surface area (Å²) in [5.74, 6) is -0.0983. The van der Waals surface area contributed by atoms with Gasteiger partial charge >= 0.3 is 0 Å². The average Bonchev–Trinajstić information content (AvgIpc) is 2.48. The van der Waals surface area contributed by atoms with Gasteiger partial charge in [-0.3, -0.25) is 14.8 Å². The van der Waals surface area contributed by atoms with Gasteiger partial charge in [0.2, 0.25) is 0 Å². The van der Waals surface area contributed by atoms with Gasteiger partial charge in [-0.2, -0.15) is 0 Å². The van der Waals surface area contributed by atoms with E-state index in [0.29, 0.717) is 5.69 Å². The van der Waals surface area contributed by atoms with Crippen LogP contribution in [0.1, 0.15) is 0 Å². The Balaban J connectivity index is 2.40. The van der Waals surface area contributed by atoms with E-state index in [1.165, 1.54) is 7.11 Å². The van der Waals surface area contributed by atoms with Crippen LogP contribution in [0.15, 0.2) is 51.8 Å². The van der Waals surface area contributed by atoms with Crippen molar-refractivity contribution >= 4 is 37.3 Å². The van der Waals surface area contributed by atoms with Crippen molar-refractivity contribution in [2.45, 2.75) is 4.90 Å². The summed E-state index contributed by atoms with van der Waals surface area (Å²) < 4.78 is 32.9. The van der Waals surface area contributed by atoms with E-state index in [-0.39, 0.29) is 16.3 Å². The highest BCUT2D eigenvalue weighted by Gasteiger charge is 2.22. The van der Waals surface area contributed by atoms with Crippen LogP contribution < -0.4 is 9.46 Å². The van der Waals surface area contributed by atoms with Crippen LogP contribution in [-0.4, -0.2) is 20.5 Å². The largest absolute Gasteiger partial charge is 0.495 e. The first-order valence-electron chi connectivity index (χ1n) is 5.94. The molecule has 0 amide bonds. The second-order valence-electron chi connectivity index (χ2n) is 4.20. The third kappa shape index (κ3) is 3.55. The fourth-order valence-corrected chi connectivity index (χ4v) is 3.19. The minimum atomic E-state index is -3.92. The van der Waals surface area contributed by atoms with Crippen molar-refractivity contribution in [3.05, 3.63) is 57.1 Å². The van der Waals surface area contributed by atoms with Crippen molar-refractivity contribution in [1.82, 2.24) is 0 Å². The first kappa shape index (κ1) is 16.2. The number of nitrogens with zero attached hydrogens (tertiary/aromatic N) is 1. The number of hydrogen-bond donors (Lipinski definition) is 1. The van der Waals surface area contributed by atoms with E-state index in [9.17, 15) is 18.5 Å². The fraction of sp³-hybridized carbons (Fsp3) is 0.0769. The molecule has 2 aromatic carbocycles. The molecule has 0 unspecified atom stereocenters. The summed E-state index contributed by atoms with van der Waals surface area (Å²) in [6.07, 6.45) is 0. The standard InChI is InChI=1S/C13H11BrN2O5S/c1-21-12-8-11(16(17)18)6-7-13(12)22(19,20)15-10-4-2-9(14)3-5-10/h2-8,15H,1H3. The summed E-state index contributed by atoms with van der Waals surface area (Å²) >= 11 is 3.25. The molecule has 0 fully saturated rings. The molecule has 0 spiro atoms. The quantitative estimate of drug-likeness (QED) is 0.628. The minimum Gasteiger partial charge on any atom is -0.495 e. The molecule has 0 saturated heterocycles. The molecule has 0 aliphatic rings. The van der Waals surface area contributed by atoms with Crippen LogP contribution in [0, 0.1) is 10.1 Å². The number of benzene rings is 2. The summed E-state index contributed by atoms with van der Waals surface area (Å²) in [5, 5.41) is 10.7. The Hall–Kier alpha value is -2.13. The van der Waals surface area contributed by atoms with Gasteiger partial charge in [-0.15, -0.1) is 0 Å². The molecule has 22 heavy (non-hydrogen) atoms. The Bertz CT molecular complexity index is 806. The lowest BCUT2D eigenvalue weighted by molar-refractivity contribution is -0.385. The van der Waals surface area contributed by atoms with E-state index >= 15 is 0 Å². The molecular weight excluding hydrogens is 376 g/mol. The Morgan fingerprint density at radius 1 is 1.18 bits per heavy atom. The number of halogens is 1. The van der Waals surface area contributed by atoms with E-state index in [0.717, 1.165) is 22.7 Å². The average molecular weight is 387 g/mol. The van der Waals surface area contributed by atoms with Crippen molar-refractivity contribution < 1.29 is 18.1 Å². The van der Waals surface area contributed by atoms with Gasteiger partial charge in [0.15, 0.2) is 0 Å². The molecule has 1 N–H and O–H groups in total. The van der Waals surface area contributed by atoms with Gasteiger partial charge in [-0.25, -0.2) is 8.42 Å². The molecule has 0 aromatic heterocycles. The van der Waals surface area contributed by atoms with Crippen molar-refractivity contribution in [1.29, 1.82) is 0 Å². The van der Waals surface area contributed by atoms with Crippen LogP contribution in [0.3, 0.4) is 0 Å². The molecule has 0 aliphatic carbocycles. The van der Waals surface area contributed by atoms with E-state index in [1.54, 1.807) is 24.3 Å². The van der Waals surface area contributed by atoms with E-state index in [1.807, 2.05) is 0 Å². The first-order chi connectivity index (χ1) is 10.3. The zero-order valence-electron chi connectivity index (χ0n) is 11.3. The van der Waals surface area contributed by atoms with Crippen LogP contribution in [0.25, 0.3) is 0 Å². The summed E-state index contributed by atoms with van der Waals surface area (Å²) in [4.78, 5) is 9.93. The molecule has 9 heteroatoms.